The number of carbonyl (C=O) groups is 1. The third kappa shape index (κ3) is 2.22. The molecule has 0 spiro atoms. The second-order valence-electron chi connectivity index (χ2n) is 5.57. The van der Waals surface area contributed by atoms with Gasteiger partial charge in [0.2, 0.25) is 0 Å². The molecular formula is C16H22N2O. The average molecular weight is 258 g/mol. The molecule has 3 heteroatoms. The van der Waals surface area contributed by atoms with Crippen LogP contribution < -0.4 is 5.32 Å². The maximum Gasteiger partial charge on any atom is 0.256 e. The Labute approximate surface area is 115 Å². The van der Waals surface area contributed by atoms with Crippen LogP contribution in [0.4, 0.5) is 5.69 Å². The molecule has 1 N–H and O–H groups in total. The maximum absolute atomic E-state index is 12.8. The second kappa shape index (κ2) is 5.24. The largest absolute Gasteiger partial charge is 0.384 e. The zero-order valence-corrected chi connectivity index (χ0v) is 11.6. The van der Waals surface area contributed by atoms with Gasteiger partial charge < -0.3 is 10.2 Å². The number of benzene rings is 1. The Balaban J connectivity index is 1.91. The van der Waals surface area contributed by atoms with Gasteiger partial charge in [-0.1, -0.05) is 19.1 Å². The third-order valence-corrected chi connectivity index (χ3v) is 4.42. The molecule has 1 amide bonds. The molecule has 1 aromatic carbocycles. The van der Waals surface area contributed by atoms with Crippen LogP contribution in [0, 0.1) is 0 Å². The van der Waals surface area contributed by atoms with Gasteiger partial charge in [0.1, 0.15) is 0 Å². The summed E-state index contributed by atoms with van der Waals surface area (Å²) < 4.78 is 0. The zero-order valence-electron chi connectivity index (χ0n) is 11.6. The van der Waals surface area contributed by atoms with Gasteiger partial charge in [-0.3, -0.25) is 4.79 Å². The molecule has 1 saturated heterocycles. The second-order valence-corrected chi connectivity index (χ2v) is 5.57. The van der Waals surface area contributed by atoms with Crippen molar-refractivity contribution in [1.82, 2.24) is 4.90 Å². The van der Waals surface area contributed by atoms with Crippen molar-refractivity contribution < 1.29 is 4.79 Å². The van der Waals surface area contributed by atoms with Crippen molar-refractivity contribution in [3.63, 3.8) is 0 Å². The highest BCUT2D eigenvalue weighted by Gasteiger charge is 2.30. The molecule has 19 heavy (non-hydrogen) atoms. The summed E-state index contributed by atoms with van der Waals surface area (Å²) in [6.45, 7) is 4.07. The lowest BCUT2D eigenvalue weighted by atomic mass is 9.98. The number of fused-ring (bicyclic) bond motifs is 1. The van der Waals surface area contributed by atoms with E-state index in [2.05, 4.69) is 23.2 Å². The summed E-state index contributed by atoms with van der Waals surface area (Å²) in [5.41, 5.74) is 3.25. The van der Waals surface area contributed by atoms with E-state index in [1.807, 2.05) is 12.1 Å². The van der Waals surface area contributed by atoms with E-state index in [9.17, 15) is 4.79 Å². The smallest absolute Gasteiger partial charge is 0.256 e. The summed E-state index contributed by atoms with van der Waals surface area (Å²) in [6, 6.07) is 6.58. The number of hydrogen-bond donors (Lipinski definition) is 1. The normalized spacial score (nSPS) is 21.9. The molecule has 3 rings (SSSR count). The predicted octanol–water partition coefficient (Wildman–Crippen LogP) is 3.06. The monoisotopic (exact) mass is 258 g/mol. The Hall–Kier alpha value is -1.51. The lowest BCUT2D eigenvalue weighted by Gasteiger charge is -2.27. The summed E-state index contributed by atoms with van der Waals surface area (Å²) >= 11 is 0. The van der Waals surface area contributed by atoms with Gasteiger partial charge in [-0.15, -0.1) is 0 Å². The first-order chi connectivity index (χ1) is 9.31. The van der Waals surface area contributed by atoms with Crippen molar-refractivity contribution in [1.29, 1.82) is 0 Å². The van der Waals surface area contributed by atoms with Gasteiger partial charge >= 0.3 is 0 Å². The molecule has 2 heterocycles. The molecule has 2 aliphatic rings. The molecule has 3 nitrogen and oxygen atoms in total. The van der Waals surface area contributed by atoms with Crippen LogP contribution in [0.5, 0.6) is 0 Å². The van der Waals surface area contributed by atoms with Crippen LogP contribution in [0.2, 0.25) is 0 Å². The van der Waals surface area contributed by atoms with E-state index in [0.717, 1.165) is 56.4 Å². The zero-order chi connectivity index (χ0) is 13.2. The van der Waals surface area contributed by atoms with E-state index in [4.69, 9.17) is 0 Å². The van der Waals surface area contributed by atoms with Crippen LogP contribution in [-0.4, -0.2) is 29.9 Å². The Morgan fingerprint density at radius 3 is 3.16 bits per heavy atom. The lowest BCUT2D eigenvalue weighted by molar-refractivity contribution is 0.0734. The van der Waals surface area contributed by atoms with Crippen LogP contribution in [-0.2, 0) is 6.42 Å². The molecule has 0 saturated carbocycles. The molecule has 1 aromatic rings. The first-order valence-electron chi connectivity index (χ1n) is 7.48. The fourth-order valence-electron chi connectivity index (χ4n) is 3.37. The number of nitrogens with one attached hydrogen (secondary N) is 1. The molecule has 0 bridgehead atoms. The summed E-state index contributed by atoms with van der Waals surface area (Å²) in [5, 5.41) is 3.42. The van der Waals surface area contributed by atoms with Crippen molar-refractivity contribution in [2.75, 3.05) is 18.4 Å². The Bertz CT molecular complexity index is 484. The van der Waals surface area contributed by atoms with Crippen molar-refractivity contribution in [2.24, 2.45) is 0 Å². The first kappa shape index (κ1) is 12.5. The number of aryl methyl sites for hydroxylation is 1. The van der Waals surface area contributed by atoms with Gasteiger partial charge in [-0.25, -0.2) is 0 Å². The van der Waals surface area contributed by atoms with Crippen LogP contribution in [0.3, 0.4) is 0 Å². The highest BCUT2D eigenvalue weighted by Crippen LogP contribution is 2.29. The SMILES string of the molecule is CCC1CCCN1C(=O)c1cccc2c1NCCC2. The Kier molecular flexibility index (Phi) is 3.45. The summed E-state index contributed by atoms with van der Waals surface area (Å²) in [7, 11) is 0. The van der Waals surface area contributed by atoms with Crippen LogP contribution in [0.15, 0.2) is 18.2 Å². The van der Waals surface area contributed by atoms with Gasteiger partial charge in [0, 0.05) is 19.1 Å². The standard InChI is InChI=1S/C16H22N2O/c1-2-13-8-5-11-18(13)16(19)14-9-3-6-12-7-4-10-17-15(12)14/h3,6,9,13,17H,2,4-5,7-8,10-11H2,1H3. The lowest BCUT2D eigenvalue weighted by Crippen LogP contribution is -2.35. The number of anilines is 1. The molecule has 1 atom stereocenters. The average Bonchev–Trinajstić information content (AvgIpc) is 2.94. The van der Waals surface area contributed by atoms with Crippen molar-refractivity contribution in [2.45, 2.75) is 45.1 Å². The van der Waals surface area contributed by atoms with Crippen molar-refractivity contribution in [3.8, 4) is 0 Å². The van der Waals surface area contributed by atoms with E-state index in [-0.39, 0.29) is 5.91 Å². The molecule has 2 aliphatic heterocycles. The molecule has 0 aliphatic carbocycles. The van der Waals surface area contributed by atoms with Gasteiger partial charge in [0.25, 0.3) is 5.91 Å². The molecule has 0 radical (unpaired) electrons. The molecule has 1 unspecified atom stereocenters. The highest BCUT2D eigenvalue weighted by molar-refractivity contribution is 6.00. The molecular weight excluding hydrogens is 236 g/mol. The quantitative estimate of drug-likeness (QED) is 0.884. The Morgan fingerprint density at radius 2 is 2.32 bits per heavy atom. The van der Waals surface area contributed by atoms with Gasteiger partial charge in [0.05, 0.1) is 11.3 Å². The molecule has 102 valence electrons. The van der Waals surface area contributed by atoms with Gasteiger partial charge in [0.15, 0.2) is 0 Å². The summed E-state index contributed by atoms with van der Waals surface area (Å²) in [4.78, 5) is 14.8. The van der Waals surface area contributed by atoms with E-state index in [1.54, 1.807) is 0 Å². The number of likely N-dealkylation sites (tertiary alicyclic amines) is 1. The fraction of sp³-hybridized carbons (Fsp3) is 0.562. The van der Waals surface area contributed by atoms with Crippen LogP contribution in [0.1, 0.15) is 48.5 Å². The number of para-hydroxylation sites is 1. The minimum atomic E-state index is 0.218. The predicted molar refractivity (Wildman–Crippen MR) is 77.6 cm³/mol. The minimum Gasteiger partial charge on any atom is -0.384 e. The number of rotatable bonds is 2. The number of hydrogen-bond acceptors (Lipinski definition) is 2. The molecule has 1 fully saturated rings. The maximum atomic E-state index is 12.8. The van der Waals surface area contributed by atoms with E-state index >= 15 is 0 Å². The third-order valence-electron chi connectivity index (χ3n) is 4.42. The minimum absolute atomic E-state index is 0.218. The number of nitrogens with zero attached hydrogens (tertiary/aromatic N) is 1. The number of amides is 1. The summed E-state index contributed by atoms with van der Waals surface area (Å²) in [6.07, 6.45) is 5.61. The van der Waals surface area contributed by atoms with Crippen molar-refractivity contribution >= 4 is 11.6 Å². The van der Waals surface area contributed by atoms with Gasteiger partial charge in [-0.2, -0.15) is 0 Å². The van der Waals surface area contributed by atoms with E-state index in [0.29, 0.717) is 6.04 Å². The Morgan fingerprint density at radius 1 is 1.42 bits per heavy atom. The topological polar surface area (TPSA) is 32.3 Å². The number of carbonyl (C=O) groups excluding carboxylic acids is 1. The fourth-order valence-corrected chi connectivity index (χ4v) is 3.37. The van der Waals surface area contributed by atoms with Crippen LogP contribution >= 0.6 is 0 Å². The van der Waals surface area contributed by atoms with Crippen LogP contribution in [0.25, 0.3) is 0 Å². The molecule has 0 aromatic heterocycles. The first-order valence-corrected chi connectivity index (χ1v) is 7.48. The van der Waals surface area contributed by atoms with Crippen molar-refractivity contribution in [3.05, 3.63) is 29.3 Å². The van der Waals surface area contributed by atoms with E-state index < -0.39 is 0 Å². The summed E-state index contributed by atoms with van der Waals surface area (Å²) in [5.74, 6) is 0.218. The van der Waals surface area contributed by atoms with Gasteiger partial charge in [-0.05, 0) is 43.7 Å². The van der Waals surface area contributed by atoms with E-state index in [1.165, 1.54) is 5.56 Å². The highest BCUT2D eigenvalue weighted by atomic mass is 16.2.